The SMILES string of the molecule is C/C(=C\NC(=O)Nc1ccc(-c2nc3ccc(C)cc3s2)cc1)C1CCCC1. The minimum atomic E-state index is -0.208. The van der Waals surface area contributed by atoms with Gasteiger partial charge in [0.1, 0.15) is 5.01 Å². The molecule has 2 aromatic carbocycles. The Morgan fingerprint density at radius 3 is 2.64 bits per heavy atom. The van der Waals surface area contributed by atoms with Gasteiger partial charge in [-0.05, 0) is 74.6 Å². The second-order valence-electron chi connectivity index (χ2n) is 7.54. The van der Waals surface area contributed by atoms with Crippen LogP contribution in [-0.2, 0) is 0 Å². The molecule has 5 heteroatoms. The summed E-state index contributed by atoms with van der Waals surface area (Å²) in [6.07, 6.45) is 6.91. The van der Waals surface area contributed by atoms with Crippen molar-refractivity contribution in [1.82, 2.24) is 10.3 Å². The van der Waals surface area contributed by atoms with E-state index in [4.69, 9.17) is 4.98 Å². The fourth-order valence-corrected chi connectivity index (χ4v) is 4.77. The van der Waals surface area contributed by atoms with Gasteiger partial charge in [0.25, 0.3) is 0 Å². The first-order chi connectivity index (χ1) is 13.6. The molecule has 1 saturated carbocycles. The zero-order valence-electron chi connectivity index (χ0n) is 16.3. The molecule has 3 aromatic rings. The predicted molar refractivity (Wildman–Crippen MR) is 118 cm³/mol. The third-order valence-electron chi connectivity index (χ3n) is 5.36. The van der Waals surface area contributed by atoms with Gasteiger partial charge in [-0.3, -0.25) is 0 Å². The van der Waals surface area contributed by atoms with Gasteiger partial charge >= 0.3 is 6.03 Å². The number of aromatic nitrogens is 1. The maximum absolute atomic E-state index is 12.2. The molecule has 28 heavy (non-hydrogen) atoms. The lowest BCUT2D eigenvalue weighted by molar-refractivity contribution is 0.255. The van der Waals surface area contributed by atoms with Gasteiger partial charge in [-0.2, -0.15) is 0 Å². The van der Waals surface area contributed by atoms with Crippen LogP contribution >= 0.6 is 11.3 Å². The minimum absolute atomic E-state index is 0.208. The molecule has 1 aliphatic rings. The predicted octanol–water partition coefficient (Wildman–Crippen LogP) is 6.49. The average molecular weight is 392 g/mol. The van der Waals surface area contributed by atoms with Crippen molar-refractivity contribution in [2.75, 3.05) is 5.32 Å². The third kappa shape index (κ3) is 4.25. The lowest BCUT2D eigenvalue weighted by Crippen LogP contribution is -2.24. The molecular weight excluding hydrogens is 366 g/mol. The normalized spacial score (nSPS) is 15.1. The van der Waals surface area contributed by atoms with Gasteiger partial charge in [0.2, 0.25) is 0 Å². The number of hydrogen-bond donors (Lipinski definition) is 2. The van der Waals surface area contributed by atoms with Crippen LogP contribution in [0, 0.1) is 12.8 Å². The maximum atomic E-state index is 12.2. The van der Waals surface area contributed by atoms with Crippen molar-refractivity contribution in [3.63, 3.8) is 0 Å². The van der Waals surface area contributed by atoms with E-state index in [0.29, 0.717) is 5.92 Å². The largest absolute Gasteiger partial charge is 0.323 e. The van der Waals surface area contributed by atoms with Crippen molar-refractivity contribution in [2.45, 2.75) is 39.5 Å². The molecule has 2 amide bonds. The molecule has 1 fully saturated rings. The Morgan fingerprint density at radius 1 is 1.14 bits per heavy atom. The van der Waals surface area contributed by atoms with Crippen molar-refractivity contribution >= 4 is 33.3 Å². The number of nitrogens with one attached hydrogen (secondary N) is 2. The van der Waals surface area contributed by atoms with E-state index in [9.17, 15) is 4.79 Å². The van der Waals surface area contributed by atoms with E-state index < -0.39 is 0 Å². The van der Waals surface area contributed by atoms with Crippen LogP contribution in [0.3, 0.4) is 0 Å². The van der Waals surface area contributed by atoms with Crippen molar-refractivity contribution in [3.05, 3.63) is 59.8 Å². The maximum Gasteiger partial charge on any atom is 0.323 e. The van der Waals surface area contributed by atoms with Crippen molar-refractivity contribution in [2.24, 2.45) is 5.92 Å². The molecule has 144 valence electrons. The average Bonchev–Trinajstić information content (AvgIpc) is 3.36. The number of rotatable bonds is 4. The highest BCUT2D eigenvalue weighted by atomic mass is 32.1. The molecule has 0 atom stereocenters. The molecule has 2 N–H and O–H groups in total. The van der Waals surface area contributed by atoms with Gasteiger partial charge in [0.05, 0.1) is 10.2 Å². The highest BCUT2D eigenvalue weighted by Crippen LogP contribution is 2.32. The number of nitrogens with zero attached hydrogens (tertiary/aromatic N) is 1. The number of thiazole rings is 1. The molecule has 0 bridgehead atoms. The Hall–Kier alpha value is -2.66. The summed E-state index contributed by atoms with van der Waals surface area (Å²) in [6.45, 7) is 4.19. The van der Waals surface area contributed by atoms with E-state index >= 15 is 0 Å². The first-order valence-electron chi connectivity index (χ1n) is 9.80. The molecule has 0 radical (unpaired) electrons. The van der Waals surface area contributed by atoms with E-state index in [1.807, 2.05) is 30.5 Å². The Balaban J connectivity index is 1.39. The number of aryl methyl sites for hydroxylation is 1. The smallest absolute Gasteiger partial charge is 0.314 e. The number of anilines is 1. The summed E-state index contributed by atoms with van der Waals surface area (Å²) in [5.41, 5.74) is 5.35. The zero-order chi connectivity index (χ0) is 19.5. The van der Waals surface area contributed by atoms with Crippen molar-refractivity contribution < 1.29 is 4.79 Å². The molecule has 0 aliphatic heterocycles. The number of hydrogen-bond acceptors (Lipinski definition) is 3. The van der Waals surface area contributed by atoms with E-state index in [1.54, 1.807) is 11.3 Å². The fourth-order valence-electron chi connectivity index (χ4n) is 3.70. The topological polar surface area (TPSA) is 54.0 Å². The first-order valence-corrected chi connectivity index (χ1v) is 10.6. The first kappa shape index (κ1) is 18.7. The van der Waals surface area contributed by atoms with E-state index in [-0.39, 0.29) is 6.03 Å². The summed E-state index contributed by atoms with van der Waals surface area (Å²) < 4.78 is 1.20. The number of urea groups is 1. The van der Waals surface area contributed by atoms with Gasteiger partial charge in [0.15, 0.2) is 0 Å². The second-order valence-corrected chi connectivity index (χ2v) is 8.57. The van der Waals surface area contributed by atoms with Crippen LogP contribution < -0.4 is 10.6 Å². The quantitative estimate of drug-likeness (QED) is 0.534. The summed E-state index contributed by atoms with van der Waals surface area (Å²) in [6, 6.07) is 13.9. The molecule has 1 heterocycles. The molecule has 4 nitrogen and oxygen atoms in total. The molecule has 0 saturated heterocycles. The summed E-state index contributed by atoms with van der Waals surface area (Å²) in [4.78, 5) is 16.9. The molecule has 4 rings (SSSR count). The number of carbonyl (C=O) groups is 1. The highest BCUT2D eigenvalue weighted by Gasteiger charge is 2.16. The van der Waals surface area contributed by atoms with Crippen LogP contribution in [0.5, 0.6) is 0 Å². The monoisotopic (exact) mass is 391 g/mol. The Kier molecular flexibility index (Phi) is 5.44. The second kappa shape index (κ2) is 8.15. The Bertz CT molecular complexity index is 1010. The number of benzene rings is 2. The van der Waals surface area contributed by atoms with E-state index in [1.165, 1.54) is 41.5 Å². The number of carbonyl (C=O) groups excluding carboxylic acids is 1. The third-order valence-corrected chi connectivity index (χ3v) is 6.43. The van der Waals surface area contributed by atoms with Crippen LogP contribution in [0.25, 0.3) is 20.8 Å². The standard InChI is InChI=1S/C23H25N3OS/c1-15-7-12-20-21(13-15)28-22(26-20)18-8-10-19(11-9-18)25-23(27)24-14-16(2)17-5-3-4-6-17/h7-14,17H,3-6H2,1-2H3,(H2,24,25,27)/b16-14+. The lowest BCUT2D eigenvalue weighted by atomic mass is 10.0. The molecule has 0 spiro atoms. The van der Waals surface area contributed by atoms with Gasteiger partial charge in [-0.25, -0.2) is 9.78 Å². The summed E-state index contributed by atoms with van der Waals surface area (Å²) >= 11 is 1.69. The highest BCUT2D eigenvalue weighted by molar-refractivity contribution is 7.21. The molecule has 1 aromatic heterocycles. The van der Waals surface area contributed by atoms with E-state index in [0.717, 1.165) is 21.8 Å². The molecule has 1 aliphatic carbocycles. The summed E-state index contributed by atoms with van der Waals surface area (Å²) in [5, 5.41) is 6.74. The van der Waals surface area contributed by atoms with Crippen molar-refractivity contribution in [3.8, 4) is 10.6 Å². The Morgan fingerprint density at radius 2 is 1.89 bits per heavy atom. The van der Waals surface area contributed by atoms with Gasteiger partial charge in [-0.15, -0.1) is 11.3 Å². The summed E-state index contributed by atoms with van der Waals surface area (Å²) in [7, 11) is 0. The van der Waals surface area contributed by atoms with Crippen LogP contribution in [0.15, 0.2) is 54.2 Å². The van der Waals surface area contributed by atoms with Gasteiger partial charge in [0, 0.05) is 17.5 Å². The van der Waals surface area contributed by atoms with Gasteiger partial charge in [-0.1, -0.05) is 24.5 Å². The Labute approximate surface area is 169 Å². The molecular formula is C23H25N3OS. The molecule has 0 unspecified atom stereocenters. The zero-order valence-corrected chi connectivity index (χ0v) is 17.1. The van der Waals surface area contributed by atoms with Crippen LogP contribution in [0.2, 0.25) is 0 Å². The van der Waals surface area contributed by atoms with Crippen LogP contribution in [-0.4, -0.2) is 11.0 Å². The summed E-state index contributed by atoms with van der Waals surface area (Å²) in [5.74, 6) is 0.622. The van der Waals surface area contributed by atoms with Crippen LogP contribution in [0.1, 0.15) is 38.2 Å². The number of fused-ring (bicyclic) bond motifs is 1. The van der Waals surface area contributed by atoms with Crippen molar-refractivity contribution in [1.29, 1.82) is 0 Å². The lowest BCUT2D eigenvalue weighted by Gasteiger charge is -2.10. The van der Waals surface area contributed by atoms with Crippen LogP contribution in [0.4, 0.5) is 10.5 Å². The van der Waals surface area contributed by atoms with Gasteiger partial charge < -0.3 is 10.6 Å². The number of allylic oxidation sites excluding steroid dienone is 1. The number of amides is 2. The van der Waals surface area contributed by atoms with E-state index in [2.05, 4.69) is 42.7 Å². The fraction of sp³-hybridized carbons (Fsp3) is 0.304. The minimum Gasteiger partial charge on any atom is -0.314 e.